The lowest BCUT2D eigenvalue weighted by atomic mass is 10.1. The van der Waals surface area contributed by atoms with Crippen molar-refractivity contribution >= 4 is 26.0 Å². The van der Waals surface area contributed by atoms with Crippen molar-refractivity contribution < 1.29 is 21.6 Å². The molecule has 0 saturated heterocycles. The summed E-state index contributed by atoms with van der Waals surface area (Å²) < 4.78 is 63.6. The maximum absolute atomic E-state index is 12.5. The summed E-state index contributed by atoms with van der Waals surface area (Å²) in [5, 5.41) is 0.663. The topological polar surface area (TPSA) is 50.3 Å². The third-order valence-electron chi connectivity index (χ3n) is 3.65. The van der Waals surface area contributed by atoms with Gasteiger partial charge >= 0.3 is 6.18 Å². The molecule has 2 rings (SSSR count). The summed E-state index contributed by atoms with van der Waals surface area (Å²) in [4.78, 5) is 3.93. The predicted octanol–water partition coefficient (Wildman–Crippen LogP) is 4.26. The van der Waals surface area contributed by atoms with E-state index in [0.29, 0.717) is 16.5 Å². The molecule has 0 saturated carbocycles. The number of benzene rings is 1. The molecule has 26 heavy (non-hydrogen) atoms. The molecule has 2 aromatic rings. The molecule has 1 aromatic carbocycles. The number of alkyl halides is 4. The van der Waals surface area contributed by atoms with Crippen molar-refractivity contribution in [3.8, 4) is 0 Å². The van der Waals surface area contributed by atoms with Gasteiger partial charge in [0.1, 0.15) is 0 Å². The fourth-order valence-corrected chi connectivity index (χ4v) is 4.07. The van der Waals surface area contributed by atoms with Crippen LogP contribution in [-0.2, 0) is 28.4 Å². The highest BCUT2D eigenvalue weighted by atomic mass is 79.9. The third kappa shape index (κ3) is 6.69. The van der Waals surface area contributed by atoms with Crippen LogP contribution in [0.5, 0.6) is 0 Å². The fraction of sp³-hybridized carbons (Fsp3) is 0.353. The van der Waals surface area contributed by atoms with Crippen LogP contribution in [0.2, 0.25) is 0 Å². The summed E-state index contributed by atoms with van der Waals surface area (Å²) in [6.07, 6.45) is -2.85. The van der Waals surface area contributed by atoms with E-state index in [4.69, 9.17) is 0 Å². The van der Waals surface area contributed by atoms with Gasteiger partial charge in [0.05, 0.1) is 12.2 Å². The first-order chi connectivity index (χ1) is 12.2. The SMILES string of the molecule is O=S(=O)(CCC(F)(F)F)N(Cc1ccc(CBr)cc1)Cc1cccnc1. The van der Waals surface area contributed by atoms with Crippen molar-refractivity contribution in [3.63, 3.8) is 0 Å². The van der Waals surface area contributed by atoms with E-state index in [0.717, 1.165) is 9.87 Å². The molecule has 0 spiro atoms. The van der Waals surface area contributed by atoms with Gasteiger partial charge in [-0.25, -0.2) is 8.42 Å². The van der Waals surface area contributed by atoms with Gasteiger partial charge in [-0.2, -0.15) is 17.5 Å². The van der Waals surface area contributed by atoms with Crippen LogP contribution < -0.4 is 0 Å². The summed E-state index contributed by atoms with van der Waals surface area (Å²) in [5.74, 6) is -0.976. The van der Waals surface area contributed by atoms with E-state index in [2.05, 4.69) is 20.9 Å². The highest BCUT2D eigenvalue weighted by Crippen LogP contribution is 2.23. The molecule has 0 aliphatic rings. The minimum Gasteiger partial charge on any atom is -0.264 e. The molecule has 4 nitrogen and oxygen atoms in total. The molecule has 1 heterocycles. The van der Waals surface area contributed by atoms with Crippen LogP contribution in [0.4, 0.5) is 13.2 Å². The van der Waals surface area contributed by atoms with Gasteiger partial charge in [0, 0.05) is 30.8 Å². The lowest BCUT2D eigenvalue weighted by Crippen LogP contribution is -2.33. The quantitative estimate of drug-likeness (QED) is 0.564. The largest absolute Gasteiger partial charge is 0.390 e. The number of halogens is 4. The molecule has 0 fully saturated rings. The Kier molecular flexibility index (Phi) is 7.19. The Morgan fingerprint density at radius 3 is 2.15 bits per heavy atom. The normalized spacial score (nSPS) is 12.5. The van der Waals surface area contributed by atoms with Crippen LogP contribution in [0.25, 0.3) is 0 Å². The van der Waals surface area contributed by atoms with Crippen molar-refractivity contribution in [1.82, 2.24) is 9.29 Å². The Labute approximate surface area is 159 Å². The number of nitrogens with zero attached hydrogens (tertiary/aromatic N) is 2. The predicted molar refractivity (Wildman–Crippen MR) is 97.0 cm³/mol. The Morgan fingerprint density at radius 2 is 1.62 bits per heavy atom. The zero-order valence-corrected chi connectivity index (χ0v) is 16.2. The van der Waals surface area contributed by atoms with Crippen molar-refractivity contribution in [3.05, 3.63) is 65.5 Å². The molecule has 0 bridgehead atoms. The summed E-state index contributed by atoms with van der Waals surface area (Å²) >= 11 is 3.33. The molecule has 0 amide bonds. The van der Waals surface area contributed by atoms with Gasteiger partial charge in [0.2, 0.25) is 10.0 Å². The van der Waals surface area contributed by atoms with Crippen LogP contribution in [0.3, 0.4) is 0 Å². The smallest absolute Gasteiger partial charge is 0.264 e. The van der Waals surface area contributed by atoms with Crippen LogP contribution in [0, 0.1) is 0 Å². The first-order valence-corrected chi connectivity index (χ1v) is 10.5. The van der Waals surface area contributed by atoms with E-state index >= 15 is 0 Å². The summed E-state index contributed by atoms with van der Waals surface area (Å²) in [7, 11) is -4.09. The maximum atomic E-state index is 12.5. The first kappa shape index (κ1) is 20.9. The summed E-state index contributed by atoms with van der Waals surface area (Å²) in [6, 6.07) is 10.6. The Balaban J connectivity index is 2.22. The molecule has 1 aromatic heterocycles. The minimum atomic E-state index is -4.52. The molecule has 0 unspecified atom stereocenters. The first-order valence-electron chi connectivity index (χ1n) is 7.77. The van der Waals surface area contributed by atoms with Gasteiger partial charge in [-0.05, 0) is 22.8 Å². The molecule has 142 valence electrons. The molecule has 0 radical (unpaired) electrons. The van der Waals surface area contributed by atoms with Gasteiger partial charge in [-0.1, -0.05) is 46.3 Å². The highest BCUT2D eigenvalue weighted by molar-refractivity contribution is 9.08. The van der Waals surface area contributed by atoms with E-state index in [1.165, 1.54) is 6.20 Å². The monoisotopic (exact) mass is 450 g/mol. The number of hydrogen-bond acceptors (Lipinski definition) is 3. The van der Waals surface area contributed by atoms with E-state index in [1.54, 1.807) is 30.5 Å². The van der Waals surface area contributed by atoms with E-state index in [1.807, 2.05) is 12.1 Å². The van der Waals surface area contributed by atoms with Crippen molar-refractivity contribution in [1.29, 1.82) is 0 Å². The molecular formula is C17H18BrF3N2O2S. The number of sulfonamides is 1. The lowest BCUT2D eigenvalue weighted by molar-refractivity contribution is -0.130. The van der Waals surface area contributed by atoms with E-state index < -0.39 is 28.4 Å². The van der Waals surface area contributed by atoms with Gasteiger partial charge in [0.15, 0.2) is 0 Å². The average Bonchev–Trinajstić information content (AvgIpc) is 2.60. The Hall–Kier alpha value is -1.45. The Bertz CT molecular complexity index is 797. The van der Waals surface area contributed by atoms with Gasteiger partial charge < -0.3 is 0 Å². The second-order valence-electron chi connectivity index (χ2n) is 5.76. The number of aromatic nitrogens is 1. The van der Waals surface area contributed by atoms with E-state index in [-0.39, 0.29) is 13.1 Å². The molecule has 0 N–H and O–H groups in total. The van der Waals surface area contributed by atoms with Crippen molar-refractivity contribution in [2.75, 3.05) is 5.75 Å². The van der Waals surface area contributed by atoms with Crippen LogP contribution in [0.15, 0.2) is 48.8 Å². The molecule has 0 aliphatic carbocycles. The highest BCUT2D eigenvalue weighted by Gasteiger charge is 2.32. The molecular weight excluding hydrogens is 433 g/mol. The van der Waals surface area contributed by atoms with Gasteiger partial charge in [-0.15, -0.1) is 0 Å². The third-order valence-corrected chi connectivity index (χ3v) is 6.07. The van der Waals surface area contributed by atoms with Crippen molar-refractivity contribution in [2.24, 2.45) is 0 Å². The molecule has 9 heteroatoms. The second kappa shape index (κ2) is 8.96. The zero-order chi connectivity index (χ0) is 19.2. The standard InChI is InChI=1S/C17H18BrF3N2O2S/c18-10-14-3-5-15(6-4-14)12-23(13-16-2-1-8-22-11-16)26(24,25)9-7-17(19,20)21/h1-6,8,11H,7,9-10,12-13H2. The summed E-state index contributed by atoms with van der Waals surface area (Å²) in [5.41, 5.74) is 2.34. The minimum absolute atomic E-state index is 0.00233. The maximum Gasteiger partial charge on any atom is 0.390 e. The Morgan fingerprint density at radius 1 is 1.00 bits per heavy atom. The van der Waals surface area contributed by atoms with E-state index in [9.17, 15) is 21.6 Å². The van der Waals surface area contributed by atoms with Gasteiger partial charge in [-0.3, -0.25) is 4.98 Å². The number of pyridine rings is 1. The molecule has 0 aliphatic heterocycles. The van der Waals surface area contributed by atoms with Crippen LogP contribution >= 0.6 is 15.9 Å². The lowest BCUT2D eigenvalue weighted by Gasteiger charge is -2.23. The van der Waals surface area contributed by atoms with Crippen LogP contribution in [0.1, 0.15) is 23.1 Å². The van der Waals surface area contributed by atoms with Crippen LogP contribution in [-0.4, -0.2) is 29.6 Å². The molecule has 0 atom stereocenters. The fourth-order valence-electron chi connectivity index (χ4n) is 2.26. The summed E-state index contributed by atoms with van der Waals surface area (Å²) in [6.45, 7) is -0.0358. The number of hydrogen-bond donors (Lipinski definition) is 0. The van der Waals surface area contributed by atoms with Crippen molar-refractivity contribution in [2.45, 2.75) is 31.0 Å². The van der Waals surface area contributed by atoms with Gasteiger partial charge in [0.25, 0.3) is 0 Å². The second-order valence-corrected chi connectivity index (χ2v) is 8.41. The zero-order valence-electron chi connectivity index (χ0n) is 13.8. The number of rotatable bonds is 8. The average molecular weight is 451 g/mol.